The van der Waals surface area contributed by atoms with Crippen LogP contribution in [0.4, 0.5) is 4.39 Å². The topological polar surface area (TPSA) is 70.0 Å². The summed E-state index contributed by atoms with van der Waals surface area (Å²) in [4.78, 5) is -0.305. The van der Waals surface area contributed by atoms with E-state index in [2.05, 4.69) is 18.6 Å². The third-order valence-electron chi connectivity index (χ3n) is 3.15. The van der Waals surface area contributed by atoms with E-state index < -0.39 is 21.4 Å². The first-order valence-electron chi connectivity index (χ1n) is 6.99. The van der Waals surface area contributed by atoms with Crippen LogP contribution in [0, 0.1) is 23.1 Å². The van der Waals surface area contributed by atoms with Gasteiger partial charge in [0.25, 0.3) is 0 Å². The van der Waals surface area contributed by atoms with E-state index in [1.807, 2.05) is 0 Å². The molecule has 0 aliphatic carbocycles. The lowest BCUT2D eigenvalue weighted by Gasteiger charge is -2.15. The SMILES string of the molecule is CC(C)CCCC(C)NS(=O)(=O)c1cccc(F)c1C#N. The van der Waals surface area contributed by atoms with E-state index in [9.17, 15) is 12.8 Å². The maximum Gasteiger partial charge on any atom is 0.242 e. The molecule has 0 amide bonds. The summed E-state index contributed by atoms with van der Waals surface area (Å²) in [5.41, 5.74) is -0.445. The molecule has 0 heterocycles. The van der Waals surface area contributed by atoms with Crippen LogP contribution in [0.15, 0.2) is 23.1 Å². The quantitative estimate of drug-likeness (QED) is 0.840. The van der Waals surface area contributed by atoms with Crippen molar-refractivity contribution >= 4 is 10.0 Å². The smallest absolute Gasteiger partial charge is 0.208 e. The highest BCUT2D eigenvalue weighted by atomic mass is 32.2. The Morgan fingerprint density at radius 3 is 2.52 bits per heavy atom. The van der Waals surface area contributed by atoms with Crippen LogP contribution < -0.4 is 4.72 Å². The number of halogens is 1. The fourth-order valence-corrected chi connectivity index (χ4v) is 3.50. The van der Waals surface area contributed by atoms with Crippen LogP contribution in [0.1, 0.15) is 45.6 Å². The number of hydrogen-bond donors (Lipinski definition) is 1. The van der Waals surface area contributed by atoms with Gasteiger partial charge < -0.3 is 0 Å². The second-order valence-electron chi connectivity index (χ2n) is 5.57. The van der Waals surface area contributed by atoms with Crippen LogP contribution in [-0.2, 0) is 10.0 Å². The van der Waals surface area contributed by atoms with Crippen molar-refractivity contribution in [1.29, 1.82) is 5.26 Å². The fourth-order valence-electron chi connectivity index (χ4n) is 2.06. The average Bonchev–Trinajstić information content (AvgIpc) is 2.37. The van der Waals surface area contributed by atoms with Gasteiger partial charge in [0.2, 0.25) is 10.0 Å². The number of sulfonamides is 1. The zero-order valence-corrected chi connectivity index (χ0v) is 13.4. The molecular formula is C15H21FN2O2S. The maximum absolute atomic E-state index is 13.5. The van der Waals surface area contributed by atoms with Crippen LogP contribution in [-0.4, -0.2) is 14.5 Å². The van der Waals surface area contributed by atoms with E-state index in [-0.39, 0.29) is 10.9 Å². The Morgan fingerprint density at radius 1 is 1.29 bits per heavy atom. The standard InChI is InChI=1S/C15H21FN2O2S/c1-11(2)6-4-7-12(3)18-21(19,20)15-9-5-8-14(16)13(15)10-17/h5,8-9,11-12,18H,4,6-7H2,1-3H3. The number of nitriles is 1. The van der Waals surface area contributed by atoms with Crippen molar-refractivity contribution in [2.45, 2.75) is 51.0 Å². The molecule has 1 aromatic carbocycles. The van der Waals surface area contributed by atoms with Crippen LogP contribution in [0.2, 0.25) is 0 Å². The predicted molar refractivity (Wildman–Crippen MR) is 79.6 cm³/mol. The minimum Gasteiger partial charge on any atom is -0.208 e. The first-order valence-corrected chi connectivity index (χ1v) is 8.47. The predicted octanol–water partition coefficient (Wildman–Crippen LogP) is 3.19. The first-order chi connectivity index (χ1) is 9.77. The highest BCUT2D eigenvalue weighted by Crippen LogP contribution is 2.19. The van der Waals surface area contributed by atoms with Crippen molar-refractivity contribution < 1.29 is 12.8 Å². The minimum atomic E-state index is -3.89. The first kappa shape index (κ1) is 17.6. The molecule has 0 radical (unpaired) electrons. The molecule has 0 aliphatic heterocycles. The molecule has 0 spiro atoms. The molecular weight excluding hydrogens is 291 g/mol. The Labute approximate surface area is 126 Å². The van der Waals surface area contributed by atoms with Crippen molar-refractivity contribution in [2.24, 2.45) is 5.92 Å². The van der Waals surface area contributed by atoms with Gasteiger partial charge in [-0.15, -0.1) is 0 Å². The van der Waals surface area contributed by atoms with Crippen LogP contribution in [0.25, 0.3) is 0 Å². The van der Waals surface area contributed by atoms with Gasteiger partial charge in [0.1, 0.15) is 22.3 Å². The van der Waals surface area contributed by atoms with Gasteiger partial charge in [-0.2, -0.15) is 5.26 Å². The third-order valence-corrected chi connectivity index (χ3v) is 4.78. The molecule has 4 nitrogen and oxygen atoms in total. The molecule has 0 bridgehead atoms. The van der Waals surface area contributed by atoms with Crippen LogP contribution in [0.3, 0.4) is 0 Å². The fraction of sp³-hybridized carbons (Fsp3) is 0.533. The number of benzene rings is 1. The van der Waals surface area contributed by atoms with E-state index in [0.717, 1.165) is 18.9 Å². The Morgan fingerprint density at radius 2 is 1.95 bits per heavy atom. The largest absolute Gasteiger partial charge is 0.242 e. The zero-order chi connectivity index (χ0) is 16.0. The molecule has 116 valence electrons. The maximum atomic E-state index is 13.5. The second kappa shape index (κ2) is 7.53. The zero-order valence-electron chi connectivity index (χ0n) is 12.6. The summed E-state index contributed by atoms with van der Waals surface area (Å²) in [5.74, 6) is -0.255. The van der Waals surface area contributed by atoms with E-state index >= 15 is 0 Å². The lowest BCUT2D eigenvalue weighted by molar-refractivity contribution is 0.488. The normalized spacial score (nSPS) is 13.1. The molecule has 1 N–H and O–H groups in total. The summed E-state index contributed by atoms with van der Waals surface area (Å²) >= 11 is 0. The highest BCUT2D eigenvalue weighted by Gasteiger charge is 2.22. The average molecular weight is 312 g/mol. The molecule has 1 atom stereocenters. The summed E-state index contributed by atoms with van der Waals surface area (Å²) in [6, 6.07) is 4.95. The molecule has 1 unspecified atom stereocenters. The van der Waals surface area contributed by atoms with Crippen molar-refractivity contribution in [2.75, 3.05) is 0 Å². The lowest BCUT2D eigenvalue weighted by atomic mass is 10.0. The molecule has 1 aromatic rings. The minimum absolute atomic E-state index is 0.261. The van der Waals surface area contributed by atoms with Gasteiger partial charge in [0.05, 0.1) is 0 Å². The molecule has 0 saturated carbocycles. The summed E-state index contributed by atoms with van der Waals surface area (Å²) in [7, 11) is -3.89. The van der Waals surface area contributed by atoms with Crippen molar-refractivity contribution in [3.8, 4) is 6.07 Å². The second-order valence-corrected chi connectivity index (χ2v) is 7.25. The summed E-state index contributed by atoms with van der Waals surface area (Å²) in [6.07, 6.45) is 2.64. The number of rotatable bonds is 7. The van der Waals surface area contributed by atoms with Crippen molar-refractivity contribution in [1.82, 2.24) is 4.72 Å². The van der Waals surface area contributed by atoms with Gasteiger partial charge in [-0.3, -0.25) is 0 Å². The molecule has 0 saturated heterocycles. The summed E-state index contributed by atoms with van der Waals surface area (Å²) in [5, 5.41) is 8.92. The summed E-state index contributed by atoms with van der Waals surface area (Å²) < 4.78 is 40.5. The van der Waals surface area contributed by atoms with Crippen LogP contribution in [0.5, 0.6) is 0 Å². The Bertz CT molecular complexity index is 621. The molecule has 21 heavy (non-hydrogen) atoms. The monoisotopic (exact) mass is 312 g/mol. The Hall–Kier alpha value is -1.45. The van der Waals surface area contributed by atoms with Crippen molar-refractivity contribution in [3.05, 3.63) is 29.6 Å². The third kappa shape index (κ3) is 5.10. The number of hydrogen-bond acceptors (Lipinski definition) is 3. The molecule has 0 aromatic heterocycles. The van der Waals surface area contributed by atoms with E-state index in [1.54, 1.807) is 13.0 Å². The van der Waals surface area contributed by atoms with Gasteiger partial charge in [-0.1, -0.05) is 32.8 Å². The van der Waals surface area contributed by atoms with E-state index in [4.69, 9.17) is 5.26 Å². The van der Waals surface area contributed by atoms with E-state index in [1.165, 1.54) is 12.1 Å². The van der Waals surface area contributed by atoms with Crippen LogP contribution >= 0.6 is 0 Å². The Kier molecular flexibility index (Phi) is 6.31. The van der Waals surface area contributed by atoms with E-state index in [0.29, 0.717) is 12.3 Å². The molecule has 0 fully saturated rings. The van der Waals surface area contributed by atoms with Crippen molar-refractivity contribution in [3.63, 3.8) is 0 Å². The highest BCUT2D eigenvalue weighted by molar-refractivity contribution is 7.89. The van der Waals surface area contributed by atoms with Gasteiger partial charge in [-0.05, 0) is 31.4 Å². The number of nitrogens with one attached hydrogen (secondary N) is 1. The lowest BCUT2D eigenvalue weighted by Crippen LogP contribution is -2.33. The Balaban J connectivity index is 2.83. The molecule has 0 aliphatic rings. The van der Waals surface area contributed by atoms with Gasteiger partial charge in [0.15, 0.2) is 0 Å². The molecule has 6 heteroatoms. The summed E-state index contributed by atoms with van der Waals surface area (Å²) in [6.45, 7) is 5.99. The van der Waals surface area contributed by atoms with Gasteiger partial charge in [0, 0.05) is 6.04 Å². The van der Waals surface area contributed by atoms with Gasteiger partial charge >= 0.3 is 0 Å². The number of nitrogens with zero attached hydrogens (tertiary/aromatic N) is 1. The molecule has 1 rings (SSSR count). The van der Waals surface area contributed by atoms with Gasteiger partial charge in [-0.25, -0.2) is 17.5 Å².